The number of carbonyl (C=O) groups is 2. The molecule has 1 saturated heterocycles. The molecule has 4 rings (SSSR count). The number of fused-ring (bicyclic) bond motifs is 1. The Morgan fingerprint density at radius 3 is 2.92 bits per heavy atom. The van der Waals surface area contributed by atoms with Crippen molar-refractivity contribution in [2.45, 2.75) is 51.0 Å². The van der Waals surface area contributed by atoms with Crippen molar-refractivity contribution in [3.8, 4) is 0 Å². The lowest BCUT2D eigenvalue weighted by Crippen LogP contribution is -2.49. The van der Waals surface area contributed by atoms with Gasteiger partial charge in [-0.3, -0.25) is 14.0 Å². The molecule has 2 fully saturated rings. The number of rotatable bonds is 5. The number of imidazole rings is 1. The molecule has 1 aliphatic carbocycles. The van der Waals surface area contributed by atoms with Crippen LogP contribution in [0.5, 0.6) is 0 Å². The summed E-state index contributed by atoms with van der Waals surface area (Å²) in [6.07, 6.45) is 12.0. The number of likely N-dealkylation sites (tertiary alicyclic amines) is 1. The van der Waals surface area contributed by atoms with Gasteiger partial charge in [-0.1, -0.05) is 12.8 Å². The van der Waals surface area contributed by atoms with Crippen molar-refractivity contribution < 1.29 is 9.59 Å². The fraction of sp³-hybridized carbons (Fsp3) is 0.579. The maximum absolute atomic E-state index is 12.5. The molecule has 0 unspecified atom stereocenters. The Morgan fingerprint density at radius 1 is 1.27 bits per heavy atom. The van der Waals surface area contributed by atoms with Crippen LogP contribution < -0.4 is 5.32 Å². The summed E-state index contributed by atoms with van der Waals surface area (Å²) < 4.78 is 1.88. The van der Waals surface area contributed by atoms with E-state index in [4.69, 9.17) is 0 Å². The molecule has 0 bridgehead atoms. The van der Waals surface area contributed by atoms with Gasteiger partial charge in [0.05, 0.1) is 11.6 Å². The summed E-state index contributed by atoms with van der Waals surface area (Å²) in [6, 6.07) is 2.21. The molecule has 0 radical (unpaired) electrons. The quantitative estimate of drug-likeness (QED) is 0.883. The SMILES string of the molecule is O=C(NCCc1cn2cccnc2n1)[C@@H]1CCC(=O)N(C2CCCC2)C1. The van der Waals surface area contributed by atoms with E-state index in [2.05, 4.69) is 15.3 Å². The smallest absolute Gasteiger partial charge is 0.233 e. The number of carbonyl (C=O) groups excluding carboxylic acids is 2. The Morgan fingerprint density at radius 2 is 2.12 bits per heavy atom. The van der Waals surface area contributed by atoms with Crippen LogP contribution in [-0.4, -0.2) is 50.2 Å². The van der Waals surface area contributed by atoms with E-state index in [1.165, 1.54) is 12.8 Å². The second kappa shape index (κ2) is 7.43. The normalized spacial score (nSPS) is 21.5. The van der Waals surface area contributed by atoms with Gasteiger partial charge in [-0.15, -0.1) is 0 Å². The molecular weight excluding hydrogens is 330 g/mol. The standard InChI is InChI=1S/C19H25N5O2/c25-17-7-6-14(12-24(17)16-4-1-2-5-16)18(26)20-10-8-15-13-23-11-3-9-21-19(23)22-15/h3,9,11,13-14,16H,1-2,4-8,10,12H2,(H,20,26)/t14-/m1/s1. The van der Waals surface area contributed by atoms with E-state index >= 15 is 0 Å². The second-order valence-corrected chi connectivity index (χ2v) is 7.32. The molecule has 0 aromatic carbocycles. The molecule has 2 aliphatic rings. The zero-order valence-electron chi connectivity index (χ0n) is 14.9. The van der Waals surface area contributed by atoms with Gasteiger partial charge in [0.25, 0.3) is 0 Å². The van der Waals surface area contributed by atoms with Gasteiger partial charge < -0.3 is 10.2 Å². The first kappa shape index (κ1) is 17.0. The number of hydrogen-bond donors (Lipinski definition) is 1. The van der Waals surface area contributed by atoms with Crippen molar-refractivity contribution in [1.82, 2.24) is 24.6 Å². The van der Waals surface area contributed by atoms with Gasteiger partial charge in [-0.25, -0.2) is 9.97 Å². The van der Waals surface area contributed by atoms with Crippen LogP contribution in [0, 0.1) is 5.92 Å². The molecule has 2 aromatic rings. The summed E-state index contributed by atoms with van der Waals surface area (Å²) in [5.74, 6) is 0.864. The van der Waals surface area contributed by atoms with Crippen LogP contribution in [0.2, 0.25) is 0 Å². The van der Waals surface area contributed by atoms with Gasteiger partial charge in [0, 0.05) is 50.6 Å². The molecule has 7 nitrogen and oxygen atoms in total. The van der Waals surface area contributed by atoms with Crippen LogP contribution in [0.1, 0.15) is 44.2 Å². The molecule has 0 spiro atoms. The highest BCUT2D eigenvalue weighted by Gasteiger charge is 2.34. The highest BCUT2D eigenvalue weighted by molar-refractivity contribution is 5.84. The maximum atomic E-state index is 12.5. The van der Waals surface area contributed by atoms with Gasteiger partial charge >= 0.3 is 0 Å². The van der Waals surface area contributed by atoms with Crippen LogP contribution in [0.25, 0.3) is 5.78 Å². The highest BCUT2D eigenvalue weighted by Crippen LogP contribution is 2.28. The minimum absolute atomic E-state index is 0.0578. The van der Waals surface area contributed by atoms with Crippen LogP contribution >= 0.6 is 0 Å². The fourth-order valence-electron chi connectivity index (χ4n) is 4.11. The lowest BCUT2D eigenvalue weighted by molar-refractivity contribution is -0.140. The van der Waals surface area contributed by atoms with Crippen molar-refractivity contribution in [2.24, 2.45) is 5.92 Å². The van der Waals surface area contributed by atoms with Crippen LogP contribution in [0.4, 0.5) is 0 Å². The van der Waals surface area contributed by atoms with Gasteiger partial charge in [-0.2, -0.15) is 0 Å². The minimum Gasteiger partial charge on any atom is -0.355 e. The average molecular weight is 355 g/mol. The Hall–Kier alpha value is -2.44. The molecule has 2 amide bonds. The first-order valence-corrected chi connectivity index (χ1v) is 9.56. The molecule has 1 N–H and O–H groups in total. The van der Waals surface area contributed by atoms with Gasteiger partial charge in [0.15, 0.2) is 0 Å². The Balaban J connectivity index is 1.29. The maximum Gasteiger partial charge on any atom is 0.233 e. The monoisotopic (exact) mass is 355 g/mol. The van der Waals surface area contributed by atoms with Crippen molar-refractivity contribution in [1.29, 1.82) is 0 Å². The molecular formula is C19H25N5O2. The zero-order valence-corrected chi connectivity index (χ0v) is 14.9. The van der Waals surface area contributed by atoms with Crippen molar-refractivity contribution >= 4 is 17.6 Å². The molecule has 26 heavy (non-hydrogen) atoms. The molecule has 3 heterocycles. The van der Waals surface area contributed by atoms with E-state index in [0.29, 0.717) is 44.2 Å². The van der Waals surface area contributed by atoms with Crippen molar-refractivity contribution in [3.63, 3.8) is 0 Å². The minimum atomic E-state index is -0.0870. The number of amides is 2. The summed E-state index contributed by atoms with van der Waals surface area (Å²) in [5.41, 5.74) is 0.912. The lowest BCUT2D eigenvalue weighted by atomic mass is 9.95. The Labute approximate surface area is 152 Å². The molecule has 138 valence electrons. The Kier molecular flexibility index (Phi) is 4.86. The molecule has 2 aromatic heterocycles. The number of aromatic nitrogens is 3. The second-order valence-electron chi connectivity index (χ2n) is 7.32. The van der Waals surface area contributed by atoms with Crippen LogP contribution in [0.15, 0.2) is 24.7 Å². The van der Waals surface area contributed by atoms with E-state index in [0.717, 1.165) is 18.5 Å². The van der Waals surface area contributed by atoms with E-state index < -0.39 is 0 Å². The Bertz CT molecular complexity index is 763. The number of piperidine rings is 1. The average Bonchev–Trinajstić information content (AvgIpc) is 3.31. The third-order valence-corrected chi connectivity index (χ3v) is 5.55. The van der Waals surface area contributed by atoms with E-state index in [9.17, 15) is 9.59 Å². The topological polar surface area (TPSA) is 79.6 Å². The number of nitrogens with one attached hydrogen (secondary N) is 1. The van der Waals surface area contributed by atoms with Gasteiger partial charge in [-0.05, 0) is 25.3 Å². The third kappa shape index (κ3) is 3.57. The van der Waals surface area contributed by atoms with Crippen molar-refractivity contribution in [2.75, 3.05) is 13.1 Å². The summed E-state index contributed by atoms with van der Waals surface area (Å²) >= 11 is 0. The number of nitrogens with zero attached hydrogens (tertiary/aromatic N) is 4. The third-order valence-electron chi connectivity index (χ3n) is 5.55. The highest BCUT2D eigenvalue weighted by atomic mass is 16.2. The molecule has 7 heteroatoms. The van der Waals surface area contributed by atoms with Gasteiger partial charge in [0.2, 0.25) is 17.6 Å². The first-order valence-electron chi connectivity index (χ1n) is 9.56. The molecule has 1 atom stereocenters. The predicted molar refractivity (Wildman–Crippen MR) is 96.4 cm³/mol. The van der Waals surface area contributed by atoms with Crippen LogP contribution in [-0.2, 0) is 16.0 Å². The van der Waals surface area contributed by atoms with Crippen molar-refractivity contribution in [3.05, 3.63) is 30.4 Å². The summed E-state index contributed by atoms with van der Waals surface area (Å²) in [4.78, 5) is 35.4. The largest absolute Gasteiger partial charge is 0.355 e. The van der Waals surface area contributed by atoms with Gasteiger partial charge in [0.1, 0.15) is 0 Å². The summed E-state index contributed by atoms with van der Waals surface area (Å²) in [7, 11) is 0. The lowest BCUT2D eigenvalue weighted by Gasteiger charge is -2.36. The number of hydrogen-bond acceptors (Lipinski definition) is 4. The van der Waals surface area contributed by atoms with E-state index in [1.54, 1.807) is 6.20 Å². The molecule has 1 saturated carbocycles. The van der Waals surface area contributed by atoms with E-state index in [1.807, 2.05) is 27.8 Å². The first-order chi connectivity index (χ1) is 12.7. The fourth-order valence-corrected chi connectivity index (χ4v) is 4.11. The van der Waals surface area contributed by atoms with E-state index in [-0.39, 0.29) is 17.7 Å². The van der Waals surface area contributed by atoms with Crippen LogP contribution in [0.3, 0.4) is 0 Å². The summed E-state index contributed by atoms with van der Waals surface area (Å²) in [5, 5.41) is 3.02. The summed E-state index contributed by atoms with van der Waals surface area (Å²) in [6.45, 7) is 1.13. The predicted octanol–water partition coefficient (Wildman–Crippen LogP) is 1.57. The molecule has 1 aliphatic heterocycles. The zero-order chi connectivity index (χ0) is 17.9.